The van der Waals surface area contributed by atoms with Crippen molar-refractivity contribution in [2.75, 3.05) is 38.1 Å². The van der Waals surface area contributed by atoms with Crippen LogP contribution in [0, 0.1) is 0 Å². The Kier molecular flexibility index (Phi) is 4.62. The van der Waals surface area contributed by atoms with Crippen molar-refractivity contribution in [2.24, 2.45) is 0 Å². The minimum absolute atomic E-state index is 0.747. The summed E-state index contributed by atoms with van der Waals surface area (Å²) in [5.74, 6) is 0.850. The Morgan fingerprint density at radius 2 is 2.18 bits per heavy atom. The average molecular weight is 235 g/mol. The van der Waals surface area contributed by atoms with Gasteiger partial charge in [-0.25, -0.2) is 0 Å². The number of anilines is 1. The predicted octanol–water partition coefficient (Wildman–Crippen LogP) is 1.99. The normalized spacial score (nSPS) is 16.1. The Morgan fingerprint density at radius 1 is 1.35 bits per heavy atom. The molecule has 0 unspecified atom stereocenters. The van der Waals surface area contributed by atoms with Crippen LogP contribution < -0.4 is 10.1 Å². The third-order valence-electron chi connectivity index (χ3n) is 2.97. The van der Waals surface area contributed by atoms with Gasteiger partial charge in [-0.2, -0.15) is 0 Å². The van der Waals surface area contributed by atoms with Crippen LogP contribution in [0.15, 0.2) is 18.5 Å². The second-order valence-electron chi connectivity index (χ2n) is 4.34. The fourth-order valence-corrected chi connectivity index (χ4v) is 2.10. The first-order valence-corrected chi connectivity index (χ1v) is 6.42. The average Bonchev–Trinajstić information content (AvgIpc) is 2.83. The van der Waals surface area contributed by atoms with Crippen molar-refractivity contribution in [1.29, 1.82) is 0 Å². The topological polar surface area (TPSA) is 37.4 Å². The first-order valence-electron chi connectivity index (χ1n) is 6.42. The highest BCUT2D eigenvalue weighted by Crippen LogP contribution is 2.15. The van der Waals surface area contributed by atoms with Gasteiger partial charge in [0.15, 0.2) is 0 Å². The van der Waals surface area contributed by atoms with Gasteiger partial charge in [-0.15, -0.1) is 0 Å². The molecule has 1 N–H and O–H groups in total. The summed E-state index contributed by atoms with van der Waals surface area (Å²) in [6.45, 7) is 7.18. The predicted molar refractivity (Wildman–Crippen MR) is 69.6 cm³/mol. The Balaban J connectivity index is 1.75. The molecule has 0 spiro atoms. The zero-order valence-electron chi connectivity index (χ0n) is 10.5. The Morgan fingerprint density at radius 3 is 2.94 bits per heavy atom. The van der Waals surface area contributed by atoms with Crippen molar-refractivity contribution in [2.45, 2.75) is 19.8 Å². The Hall–Kier alpha value is -1.29. The largest absolute Gasteiger partial charge is 0.491 e. The van der Waals surface area contributed by atoms with Gasteiger partial charge in [-0.3, -0.25) is 9.88 Å². The molecule has 1 fully saturated rings. The zero-order valence-corrected chi connectivity index (χ0v) is 10.5. The number of nitrogens with one attached hydrogen (secondary N) is 1. The second kappa shape index (κ2) is 6.45. The summed E-state index contributed by atoms with van der Waals surface area (Å²) in [4.78, 5) is 6.60. The number of hydrogen-bond acceptors (Lipinski definition) is 4. The molecule has 0 aromatic carbocycles. The summed E-state index contributed by atoms with van der Waals surface area (Å²) in [7, 11) is 0. The SMILES string of the molecule is CCNc1cncc(OCCN2CCCC2)c1. The lowest BCUT2D eigenvalue weighted by molar-refractivity contribution is 0.237. The van der Waals surface area contributed by atoms with Crippen LogP contribution in [0.3, 0.4) is 0 Å². The number of pyridine rings is 1. The van der Waals surface area contributed by atoms with Gasteiger partial charge in [-0.1, -0.05) is 0 Å². The molecule has 1 aromatic rings. The number of likely N-dealkylation sites (tertiary alicyclic amines) is 1. The minimum Gasteiger partial charge on any atom is -0.491 e. The number of nitrogens with zero attached hydrogens (tertiary/aromatic N) is 2. The number of ether oxygens (including phenoxy) is 1. The van der Waals surface area contributed by atoms with Gasteiger partial charge in [0.2, 0.25) is 0 Å². The number of hydrogen-bond donors (Lipinski definition) is 1. The monoisotopic (exact) mass is 235 g/mol. The smallest absolute Gasteiger partial charge is 0.139 e. The molecule has 0 saturated carbocycles. The number of aromatic nitrogens is 1. The highest BCUT2D eigenvalue weighted by atomic mass is 16.5. The maximum absolute atomic E-state index is 5.71. The molecule has 0 bridgehead atoms. The first-order chi connectivity index (χ1) is 8.38. The minimum atomic E-state index is 0.747. The molecule has 1 aromatic heterocycles. The third kappa shape index (κ3) is 3.89. The molecule has 4 heteroatoms. The molecule has 0 aliphatic carbocycles. The van der Waals surface area contributed by atoms with E-state index in [4.69, 9.17) is 4.74 Å². The van der Waals surface area contributed by atoms with E-state index in [1.54, 1.807) is 6.20 Å². The van der Waals surface area contributed by atoms with E-state index in [1.807, 2.05) is 12.3 Å². The van der Waals surface area contributed by atoms with Gasteiger partial charge in [-0.05, 0) is 32.9 Å². The number of rotatable bonds is 6. The van der Waals surface area contributed by atoms with Crippen LogP contribution in [0.25, 0.3) is 0 Å². The summed E-state index contributed by atoms with van der Waals surface area (Å²) in [5.41, 5.74) is 1.02. The van der Waals surface area contributed by atoms with E-state index in [9.17, 15) is 0 Å². The fourth-order valence-electron chi connectivity index (χ4n) is 2.10. The van der Waals surface area contributed by atoms with Crippen LogP contribution in [-0.2, 0) is 0 Å². The van der Waals surface area contributed by atoms with Crippen LogP contribution in [-0.4, -0.2) is 42.7 Å². The van der Waals surface area contributed by atoms with Crippen molar-refractivity contribution in [3.05, 3.63) is 18.5 Å². The maximum atomic E-state index is 5.71. The van der Waals surface area contributed by atoms with Crippen molar-refractivity contribution >= 4 is 5.69 Å². The van der Waals surface area contributed by atoms with Crippen molar-refractivity contribution in [3.63, 3.8) is 0 Å². The summed E-state index contributed by atoms with van der Waals surface area (Å²) < 4.78 is 5.71. The molecule has 2 rings (SSSR count). The Bertz CT molecular complexity index is 337. The van der Waals surface area contributed by atoms with Crippen molar-refractivity contribution < 1.29 is 4.74 Å². The van der Waals surface area contributed by atoms with E-state index in [2.05, 4.69) is 22.1 Å². The summed E-state index contributed by atoms with van der Waals surface area (Å²) in [5, 5.41) is 3.23. The van der Waals surface area contributed by atoms with E-state index in [1.165, 1.54) is 25.9 Å². The van der Waals surface area contributed by atoms with Crippen LogP contribution in [0.4, 0.5) is 5.69 Å². The highest BCUT2D eigenvalue weighted by molar-refractivity contribution is 5.44. The zero-order chi connectivity index (χ0) is 11.9. The van der Waals surface area contributed by atoms with Crippen LogP contribution in [0.1, 0.15) is 19.8 Å². The molecule has 4 nitrogen and oxygen atoms in total. The molecule has 94 valence electrons. The van der Waals surface area contributed by atoms with Gasteiger partial charge in [0.25, 0.3) is 0 Å². The van der Waals surface area contributed by atoms with E-state index in [0.717, 1.165) is 31.1 Å². The van der Waals surface area contributed by atoms with Crippen LogP contribution in [0.2, 0.25) is 0 Å². The third-order valence-corrected chi connectivity index (χ3v) is 2.97. The molecule has 0 atom stereocenters. The lowest BCUT2D eigenvalue weighted by Gasteiger charge is -2.15. The van der Waals surface area contributed by atoms with E-state index < -0.39 is 0 Å². The molecule has 2 heterocycles. The van der Waals surface area contributed by atoms with E-state index >= 15 is 0 Å². The van der Waals surface area contributed by atoms with Gasteiger partial charge in [0, 0.05) is 19.2 Å². The summed E-state index contributed by atoms with van der Waals surface area (Å²) >= 11 is 0. The molecular formula is C13H21N3O. The van der Waals surface area contributed by atoms with E-state index in [-0.39, 0.29) is 0 Å². The fraction of sp³-hybridized carbons (Fsp3) is 0.615. The second-order valence-corrected chi connectivity index (χ2v) is 4.34. The van der Waals surface area contributed by atoms with Gasteiger partial charge >= 0.3 is 0 Å². The standard InChI is InChI=1S/C13H21N3O/c1-2-15-12-9-13(11-14-10-12)17-8-7-16-5-3-4-6-16/h9-11,15H,2-8H2,1H3. The van der Waals surface area contributed by atoms with Gasteiger partial charge in [0.1, 0.15) is 12.4 Å². The highest BCUT2D eigenvalue weighted by Gasteiger charge is 2.10. The molecule has 1 aliphatic heterocycles. The molecule has 0 radical (unpaired) electrons. The lowest BCUT2D eigenvalue weighted by atomic mass is 10.4. The lowest BCUT2D eigenvalue weighted by Crippen LogP contribution is -2.25. The van der Waals surface area contributed by atoms with Gasteiger partial charge < -0.3 is 10.1 Å². The van der Waals surface area contributed by atoms with Crippen molar-refractivity contribution in [1.82, 2.24) is 9.88 Å². The quantitative estimate of drug-likeness (QED) is 0.818. The van der Waals surface area contributed by atoms with E-state index in [0.29, 0.717) is 0 Å². The molecule has 0 amide bonds. The van der Waals surface area contributed by atoms with Gasteiger partial charge in [0.05, 0.1) is 18.1 Å². The van der Waals surface area contributed by atoms with Crippen LogP contribution in [0.5, 0.6) is 5.75 Å². The van der Waals surface area contributed by atoms with Crippen LogP contribution >= 0.6 is 0 Å². The molecular weight excluding hydrogens is 214 g/mol. The first kappa shape index (κ1) is 12.2. The Labute approximate surface area is 103 Å². The maximum Gasteiger partial charge on any atom is 0.139 e. The molecule has 1 aliphatic rings. The molecule has 1 saturated heterocycles. The van der Waals surface area contributed by atoms with Crippen molar-refractivity contribution in [3.8, 4) is 5.75 Å². The summed E-state index contributed by atoms with van der Waals surface area (Å²) in [6.07, 6.45) is 6.25. The molecule has 17 heavy (non-hydrogen) atoms. The summed E-state index contributed by atoms with van der Waals surface area (Å²) in [6, 6.07) is 2.00.